The minimum Gasteiger partial charge on any atom is -0.344 e. The number of piperazine rings is 1. The topological polar surface area (TPSA) is 75.6 Å². The summed E-state index contributed by atoms with van der Waals surface area (Å²) in [6.45, 7) is 12.9. The molecule has 3 aromatic heterocycles. The lowest BCUT2D eigenvalue weighted by molar-refractivity contribution is 0.240. The first-order valence-electron chi connectivity index (χ1n) is 8.52. The van der Waals surface area contributed by atoms with Crippen LogP contribution in [0.1, 0.15) is 38.2 Å². The molecular formula is C16H23N7OS. The summed E-state index contributed by atoms with van der Waals surface area (Å²) in [7, 11) is 0. The van der Waals surface area contributed by atoms with Gasteiger partial charge in [-0.2, -0.15) is 4.98 Å². The number of rotatable bonds is 3. The summed E-state index contributed by atoms with van der Waals surface area (Å²) in [6.07, 6.45) is 2.05. The van der Waals surface area contributed by atoms with Crippen molar-refractivity contribution in [3.05, 3.63) is 23.6 Å². The number of aromatic nitrogens is 5. The van der Waals surface area contributed by atoms with Crippen molar-refractivity contribution in [2.45, 2.75) is 39.7 Å². The van der Waals surface area contributed by atoms with Gasteiger partial charge in [-0.1, -0.05) is 37.3 Å². The molecule has 0 bridgehead atoms. The van der Waals surface area contributed by atoms with Crippen LogP contribution in [-0.4, -0.2) is 55.8 Å². The highest BCUT2D eigenvalue weighted by Gasteiger charge is 2.23. The van der Waals surface area contributed by atoms with Crippen LogP contribution < -0.4 is 4.90 Å². The summed E-state index contributed by atoms with van der Waals surface area (Å²) < 4.78 is 6.95. The second-order valence-electron chi connectivity index (χ2n) is 7.48. The molecule has 8 nitrogen and oxygen atoms in total. The number of anilines is 1. The molecule has 4 rings (SSSR count). The predicted octanol–water partition coefficient (Wildman–Crippen LogP) is 2.10. The van der Waals surface area contributed by atoms with E-state index >= 15 is 0 Å². The predicted molar refractivity (Wildman–Crippen MR) is 96.1 cm³/mol. The van der Waals surface area contributed by atoms with Crippen LogP contribution in [0.15, 0.2) is 10.7 Å². The standard InChI is InChI=1S/C16H23N7OS/c1-11-17-13(20-24-11)10-21-5-7-22(8-6-21)15-19-23-9-12(16(2,3)4)18-14(23)25-15/h9H,5-8,10H2,1-4H3. The summed E-state index contributed by atoms with van der Waals surface area (Å²) >= 11 is 1.66. The summed E-state index contributed by atoms with van der Waals surface area (Å²) in [5.41, 5.74) is 1.13. The maximum absolute atomic E-state index is 5.04. The van der Waals surface area contributed by atoms with Crippen molar-refractivity contribution in [2.24, 2.45) is 0 Å². The van der Waals surface area contributed by atoms with Crippen molar-refractivity contribution in [1.82, 2.24) is 29.6 Å². The lowest BCUT2D eigenvalue weighted by Crippen LogP contribution is -2.46. The zero-order valence-electron chi connectivity index (χ0n) is 15.1. The van der Waals surface area contributed by atoms with Gasteiger partial charge in [0.2, 0.25) is 16.0 Å². The molecule has 0 spiro atoms. The van der Waals surface area contributed by atoms with E-state index in [1.165, 1.54) is 0 Å². The van der Waals surface area contributed by atoms with E-state index in [1.54, 1.807) is 11.3 Å². The third-order valence-electron chi connectivity index (χ3n) is 4.38. The fraction of sp³-hybridized carbons (Fsp3) is 0.625. The van der Waals surface area contributed by atoms with Crippen molar-refractivity contribution in [1.29, 1.82) is 0 Å². The van der Waals surface area contributed by atoms with Crippen LogP contribution >= 0.6 is 11.3 Å². The molecule has 0 amide bonds. The van der Waals surface area contributed by atoms with E-state index in [0.717, 1.165) is 54.3 Å². The molecule has 0 N–H and O–H groups in total. The van der Waals surface area contributed by atoms with Crippen molar-refractivity contribution in [2.75, 3.05) is 31.1 Å². The molecule has 0 saturated carbocycles. The SMILES string of the molecule is Cc1nc(CN2CCN(c3nn4cc(C(C)(C)C)nc4s3)CC2)no1. The monoisotopic (exact) mass is 361 g/mol. The Bertz CT molecular complexity index is 835. The fourth-order valence-corrected chi connectivity index (χ4v) is 3.82. The maximum atomic E-state index is 5.04. The molecule has 3 aromatic rings. The quantitative estimate of drug-likeness (QED) is 0.707. The van der Waals surface area contributed by atoms with Crippen molar-refractivity contribution in [3.8, 4) is 0 Å². The van der Waals surface area contributed by atoms with E-state index in [-0.39, 0.29) is 5.41 Å². The van der Waals surface area contributed by atoms with Gasteiger partial charge in [-0.3, -0.25) is 4.90 Å². The smallest absolute Gasteiger partial charge is 0.223 e. The van der Waals surface area contributed by atoms with Crippen LogP contribution in [0, 0.1) is 6.92 Å². The lowest BCUT2D eigenvalue weighted by atomic mass is 9.93. The van der Waals surface area contributed by atoms with Gasteiger partial charge in [0.15, 0.2) is 5.82 Å². The Balaban J connectivity index is 1.40. The Morgan fingerprint density at radius 2 is 1.92 bits per heavy atom. The van der Waals surface area contributed by atoms with E-state index in [2.05, 4.69) is 40.7 Å². The largest absolute Gasteiger partial charge is 0.344 e. The van der Waals surface area contributed by atoms with Crippen molar-refractivity contribution in [3.63, 3.8) is 0 Å². The van der Waals surface area contributed by atoms with Crippen LogP contribution in [0.5, 0.6) is 0 Å². The Kier molecular flexibility index (Phi) is 3.99. The molecule has 4 heterocycles. The molecular weight excluding hydrogens is 338 g/mol. The molecule has 0 radical (unpaired) electrons. The molecule has 0 atom stereocenters. The summed E-state index contributed by atoms with van der Waals surface area (Å²) in [5, 5.41) is 9.74. The second-order valence-corrected chi connectivity index (χ2v) is 8.42. The van der Waals surface area contributed by atoms with Crippen molar-refractivity contribution < 1.29 is 4.52 Å². The molecule has 0 aromatic carbocycles. The van der Waals surface area contributed by atoms with Gasteiger partial charge in [0.1, 0.15) is 0 Å². The van der Waals surface area contributed by atoms with Gasteiger partial charge in [-0.25, -0.2) is 9.50 Å². The lowest BCUT2D eigenvalue weighted by Gasteiger charge is -2.33. The van der Waals surface area contributed by atoms with E-state index in [0.29, 0.717) is 5.89 Å². The van der Waals surface area contributed by atoms with Gasteiger partial charge in [0.05, 0.1) is 18.4 Å². The Morgan fingerprint density at radius 1 is 1.16 bits per heavy atom. The minimum atomic E-state index is 0.0483. The molecule has 0 aliphatic carbocycles. The van der Waals surface area contributed by atoms with E-state index in [9.17, 15) is 0 Å². The molecule has 1 aliphatic heterocycles. The Hall–Kier alpha value is -2.00. The van der Waals surface area contributed by atoms with Gasteiger partial charge >= 0.3 is 0 Å². The van der Waals surface area contributed by atoms with Crippen LogP contribution in [0.25, 0.3) is 4.96 Å². The van der Waals surface area contributed by atoms with E-state index in [4.69, 9.17) is 14.6 Å². The first kappa shape index (κ1) is 16.5. The Labute approximate surface area is 150 Å². The maximum Gasteiger partial charge on any atom is 0.223 e. The molecule has 25 heavy (non-hydrogen) atoms. The third-order valence-corrected chi connectivity index (χ3v) is 5.36. The zero-order valence-corrected chi connectivity index (χ0v) is 15.9. The van der Waals surface area contributed by atoms with Gasteiger partial charge in [0.25, 0.3) is 0 Å². The fourth-order valence-electron chi connectivity index (χ4n) is 2.88. The minimum absolute atomic E-state index is 0.0483. The first-order valence-corrected chi connectivity index (χ1v) is 9.33. The van der Waals surface area contributed by atoms with Gasteiger partial charge in [-0.05, 0) is 0 Å². The highest BCUT2D eigenvalue weighted by molar-refractivity contribution is 7.20. The summed E-state index contributed by atoms with van der Waals surface area (Å²) in [4.78, 5) is 14.6. The normalized spacial score (nSPS) is 16.9. The number of nitrogens with zero attached hydrogens (tertiary/aromatic N) is 7. The number of hydrogen-bond acceptors (Lipinski definition) is 8. The average Bonchev–Trinajstić information content (AvgIpc) is 3.22. The third kappa shape index (κ3) is 3.38. The van der Waals surface area contributed by atoms with E-state index < -0.39 is 0 Å². The molecule has 0 unspecified atom stereocenters. The number of fused-ring (bicyclic) bond motifs is 1. The molecule has 1 saturated heterocycles. The average molecular weight is 361 g/mol. The summed E-state index contributed by atoms with van der Waals surface area (Å²) in [5.74, 6) is 1.38. The van der Waals surface area contributed by atoms with Gasteiger partial charge in [-0.15, -0.1) is 5.10 Å². The van der Waals surface area contributed by atoms with Crippen molar-refractivity contribution >= 4 is 21.4 Å². The molecule has 9 heteroatoms. The highest BCUT2D eigenvalue weighted by atomic mass is 32.1. The van der Waals surface area contributed by atoms with Crippen LogP contribution in [0.4, 0.5) is 5.13 Å². The molecule has 1 fully saturated rings. The van der Waals surface area contributed by atoms with Gasteiger partial charge < -0.3 is 9.42 Å². The molecule has 134 valence electrons. The number of hydrogen-bond donors (Lipinski definition) is 0. The second kappa shape index (κ2) is 6.06. The van der Waals surface area contributed by atoms with Crippen LogP contribution in [0.3, 0.4) is 0 Å². The zero-order chi connectivity index (χ0) is 17.6. The van der Waals surface area contributed by atoms with Crippen LogP contribution in [-0.2, 0) is 12.0 Å². The van der Waals surface area contributed by atoms with Gasteiger partial charge in [0, 0.05) is 38.5 Å². The summed E-state index contributed by atoms with van der Waals surface area (Å²) in [6, 6.07) is 0. The highest BCUT2D eigenvalue weighted by Crippen LogP contribution is 2.28. The number of imidazole rings is 1. The Morgan fingerprint density at radius 3 is 2.52 bits per heavy atom. The molecule has 1 aliphatic rings. The van der Waals surface area contributed by atoms with Crippen LogP contribution in [0.2, 0.25) is 0 Å². The first-order chi connectivity index (χ1) is 11.9. The van der Waals surface area contributed by atoms with E-state index in [1.807, 2.05) is 17.6 Å². The number of aryl methyl sites for hydroxylation is 1.